The number of rotatable bonds is 6. The van der Waals surface area contributed by atoms with E-state index in [0.717, 1.165) is 43.2 Å². The van der Waals surface area contributed by atoms with Crippen molar-refractivity contribution >= 4 is 11.8 Å². The lowest BCUT2D eigenvalue weighted by Gasteiger charge is -2.45. The molecule has 0 aromatic carbocycles. The van der Waals surface area contributed by atoms with Gasteiger partial charge in [0, 0.05) is 43.8 Å². The first kappa shape index (κ1) is 20.3. The van der Waals surface area contributed by atoms with E-state index in [0.29, 0.717) is 24.9 Å². The predicted molar refractivity (Wildman–Crippen MR) is 106 cm³/mol. The molecular formula is C21H32N4O4. The van der Waals surface area contributed by atoms with Crippen molar-refractivity contribution in [3.8, 4) is 0 Å². The van der Waals surface area contributed by atoms with Crippen LogP contribution in [0.3, 0.4) is 0 Å². The molecule has 1 aliphatic carbocycles. The number of likely N-dealkylation sites (tertiary alicyclic amines) is 1. The van der Waals surface area contributed by atoms with Crippen LogP contribution in [0.15, 0.2) is 4.52 Å². The van der Waals surface area contributed by atoms with E-state index in [-0.39, 0.29) is 30.9 Å². The van der Waals surface area contributed by atoms with Gasteiger partial charge in [-0.3, -0.25) is 9.59 Å². The van der Waals surface area contributed by atoms with Crippen LogP contribution in [0.2, 0.25) is 0 Å². The van der Waals surface area contributed by atoms with E-state index in [2.05, 4.69) is 15.4 Å². The van der Waals surface area contributed by atoms with E-state index in [9.17, 15) is 9.59 Å². The molecule has 4 rings (SSSR count). The number of nitrogens with one attached hydrogen (secondary N) is 1. The maximum atomic E-state index is 12.4. The topological polar surface area (TPSA) is 87.9 Å². The van der Waals surface area contributed by atoms with Gasteiger partial charge in [-0.2, -0.15) is 0 Å². The Labute approximate surface area is 171 Å². The highest BCUT2D eigenvalue weighted by Crippen LogP contribution is 2.29. The molecule has 0 spiro atoms. The average Bonchev–Trinajstić information content (AvgIpc) is 2.99. The molecule has 2 aliphatic heterocycles. The highest BCUT2D eigenvalue weighted by Gasteiger charge is 2.35. The number of hydrogen-bond acceptors (Lipinski definition) is 6. The van der Waals surface area contributed by atoms with Crippen molar-refractivity contribution in [1.29, 1.82) is 0 Å². The Kier molecular flexibility index (Phi) is 6.20. The molecule has 160 valence electrons. The molecule has 0 unspecified atom stereocenters. The Hall–Kier alpha value is -1.93. The minimum atomic E-state index is -0.161. The van der Waals surface area contributed by atoms with Crippen LogP contribution in [0.5, 0.6) is 0 Å². The van der Waals surface area contributed by atoms with Crippen molar-refractivity contribution in [2.24, 2.45) is 0 Å². The Balaban J connectivity index is 1.24. The summed E-state index contributed by atoms with van der Waals surface area (Å²) < 4.78 is 10.8. The van der Waals surface area contributed by atoms with Gasteiger partial charge in [0.15, 0.2) is 0 Å². The molecular weight excluding hydrogens is 372 g/mol. The Morgan fingerprint density at radius 3 is 2.55 bits per heavy atom. The molecule has 29 heavy (non-hydrogen) atoms. The van der Waals surface area contributed by atoms with Crippen molar-refractivity contribution in [1.82, 2.24) is 20.3 Å². The van der Waals surface area contributed by atoms with Crippen LogP contribution in [0.1, 0.15) is 49.1 Å². The third-order valence-electron chi connectivity index (χ3n) is 6.74. The van der Waals surface area contributed by atoms with E-state index in [1.165, 1.54) is 19.3 Å². The van der Waals surface area contributed by atoms with Gasteiger partial charge in [-0.25, -0.2) is 0 Å². The number of piperidine rings is 1. The number of ether oxygens (including phenoxy) is 1. The number of morpholine rings is 1. The number of amides is 2. The van der Waals surface area contributed by atoms with Crippen molar-refractivity contribution in [3.05, 3.63) is 17.0 Å². The monoisotopic (exact) mass is 404 g/mol. The van der Waals surface area contributed by atoms with Crippen molar-refractivity contribution < 1.29 is 18.8 Å². The molecule has 1 saturated carbocycles. The van der Waals surface area contributed by atoms with Gasteiger partial charge in [0.2, 0.25) is 11.8 Å². The van der Waals surface area contributed by atoms with Crippen molar-refractivity contribution in [2.45, 2.75) is 70.6 Å². The third-order valence-corrected chi connectivity index (χ3v) is 6.74. The first-order valence-corrected chi connectivity index (χ1v) is 10.8. The molecule has 2 amide bonds. The lowest BCUT2D eigenvalue weighted by Crippen LogP contribution is -2.57. The molecule has 1 aromatic heterocycles. The second-order valence-electron chi connectivity index (χ2n) is 8.61. The van der Waals surface area contributed by atoms with Gasteiger partial charge in [0.1, 0.15) is 12.4 Å². The lowest BCUT2D eigenvalue weighted by atomic mass is 9.89. The van der Waals surface area contributed by atoms with Gasteiger partial charge in [-0.05, 0) is 39.5 Å². The van der Waals surface area contributed by atoms with E-state index < -0.39 is 0 Å². The average molecular weight is 405 g/mol. The zero-order valence-corrected chi connectivity index (χ0v) is 17.5. The molecule has 0 radical (unpaired) electrons. The Morgan fingerprint density at radius 1 is 1.17 bits per heavy atom. The molecule has 2 saturated heterocycles. The standard InChI is InChI=1S/C21H32N4O4/c1-14-19(15(2)29-23-14)10-20(26)22-11-18-12-25(21(27)13-28-18)17-6-8-24(9-7-17)16-4-3-5-16/h16-18H,3-13H2,1-2H3,(H,22,26)/t18-/m0/s1. The van der Waals surface area contributed by atoms with Crippen LogP contribution < -0.4 is 5.32 Å². The predicted octanol–water partition coefficient (Wildman–Crippen LogP) is 1.19. The lowest BCUT2D eigenvalue weighted by molar-refractivity contribution is -0.153. The summed E-state index contributed by atoms with van der Waals surface area (Å²) in [5.74, 6) is 0.669. The fourth-order valence-corrected chi connectivity index (χ4v) is 4.64. The van der Waals surface area contributed by atoms with Gasteiger partial charge in [0.05, 0.1) is 18.2 Å². The quantitative estimate of drug-likeness (QED) is 0.766. The number of aromatic nitrogens is 1. The first-order chi connectivity index (χ1) is 14.0. The van der Waals surface area contributed by atoms with Crippen LogP contribution in [-0.2, 0) is 20.7 Å². The summed E-state index contributed by atoms with van der Waals surface area (Å²) in [6, 6.07) is 1.07. The van der Waals surface area contributed by atoms with Gasteiger partial charge in [-0.15, -0.1) is 0 Å². The molecule has 0 bridgehead atoms. The Morgan fingerprint density at radius 2 is 1.93 bits per heavy atom. The van der Waals surface area contributed by atoms with Gasteiger partial charge in [-0.1, -0.05) is 11.6 Å². The maximum Gasteiger partial charge on any atom is 0.248 e. The van der Waals surface area contributed by atoms with Crippen molar-refractivity contribution in [3.63, 3.8) is 0 Å². The highest BCUT2D eigenvalue weighted by molar-refractivity contribution is 5.79. The summed E-state index contributed by atoms with van der Waals surface area (Å²) in [6.45, 7) is 6.88. The van der Waals surface area contributed by atoms with Gasteiger partial charge in [0.25, 0.3) is 0 Å². The minimum Gasteiger partial charge on any atom is -0.365 e. The van der Waals surface area contributed by atoms with Crippen LogP contribution in [0, 0.1) is 13.8 Å². The molecule has 3 heterocycles. The number of carbonyl (C=O) groups excluding carboxylic acids is 2. The third kappa shape index (κ3) is 4.64. The van der Waals surface area contributed by atoms with Crippen molar-refractivity contribution in [2.75, 3.05) is 32.8 Å². The van der Waals surface area contributed by atoms with E-state index >= 15 is 0 Å². The molecule has 1 aromatic rings. The zero-order chi connectivity index (χ0) is 20.4. The summed E-state index contributed by atoms with van der Waals surface area (Å²) >= 11 is 0. The number of carbonyl (C=O) groups is 2. The molecule has 3 aliphatic rings. The smallest absolute Gasteiger partial charge is 0.248 e. The van der Waals surface area contributed by atoms with E-state index in [4.69, 9.17) is 9.26 Å². The molecule has 3 fully saturated rings. The molecule has 8 heteroatoms. The summed E-state index contributed by atoms with van der Waals surface area (Å²) in [5.41, 5.74) is 1.58. The van der Waals surface area contributed by atoms with Crippen LogP contribution in [0.25, 0.3) is 0 Å². The van der Waals surface area contributed by atoms with Crippen LogP contribution in [-0.4, -0.2) is 77.7 Å². The molecule has 8 nitrogen and oxygen atoms in total. The zero-order valence-electron chi connectivity index (χ0n) is 17.5. The maximum absolute atomic E-state index is 12.4. The summed E-state index contributed by atoms with van der Waals surface area (Å²) in [6.07, 6.45) is 6.17. The molecule has 1 atom stereocenters. The number of nitrogens with zero attached hydrogens (tertiary/aromatic N) is 3. The van der Waals surface area contributed by atoms with Gasteiger partial charge >= 0.3 is 0 Å². The first-order valence-electron chi connectivity index (χ1n) is 10.8. The second-order valence-corrected chi connectivity index (χ2v) is 8.61. The van der Waals surface area contributed by atoms with Crippen LogP contribution in [0.4, 0.5) is 0 Å². The second kappa shape index (κ2) is 8.83. The summed E-state index contributed by atoms with van der Waals surface area (Å²) in [4.78, 5) is 29.3. The van der Waals surface area contributed by atoms with Crippen LogP contribution >= 0.6 is 0 Å². The fraction of sp³-hybridized carbons (Fsp3) is 0.762. The normalized spacial score (nSPS) is 24.6. The fourth-order valence-electron chi connectivity index (χ4n) is 4.64. The summed E-state index contributed by atoms with van der Waals surface area (Å²) in [7, 11) is 0. The minimum absolute atomic E-state index is 0.0744. The number of hydrogen-bond donors (Lipinski definition) is 1. The van der Waals surface area contributed by atoms with E-state index in [1.807, 2.05) is 18.7 Å². The largest absolute Gasteiger partial charge is 0.365 e. The van der Waals surface area contributed by atoms with Gasteiger partial charge < -0.3 is 24.4 Å². The number of aryl methyl sites for hydroxylation is 2. The van der Waals surface area contributed by atoms with E-state index in [1.54, 1.807) is 0 Å². The summed E-state index contributed by atoms with van der Waals surface area (Å²) in [5, 5.41) is 6.83. The molecule has 1 N–H and O–H groups in total. The highest BCUT2D eigenvalue weighted by atomic mass is 16.5. The Bertz CT molecular complexity index is 718. The SMILES string of the molecule is Cc1noc(C)c1CC(=O)NC[C@H]1CN(C2CCN(C3CCC3)CC2)C(=O)CO1.